The van der Waals surface area contributed by atoms with Crippen LogP contribution in [0.25, 0.3) is 6.08 Å². The summed E-state index contributed by atoms with van der Waals surface area (Å²) < 4.78 is 19.4. The minimum atomic E-state index is -0.586. The van der Waals surface area contributed by atoms with Crippen molar-refractivity contribution < 1.29 is 18.7 Å². The number of thiazole rings is 1. The van der Waals surface area contributed by atoms with Gasteiger partial charge in [-0.2, -0.15) is 0 Å². The second-order valence-corrected chi connectivity index (χ2v) is 7.40. The number of amides is 1. The Hall–Kier alpha value is -3.65. The maximum Gasteiger partial charge on any atom is 0.363 e. The highest BCUT2D eigenvalue weighted by molar-refractivity contribution is 7.14. The largest absolute Gasteiger partial charge is 0.402 e. The number of nitrogens with zero attached hydrogens (tertiary/aromatic N) is 3. The van der Waals surface area contributed by atoms with Gasteiger partial charge in [-0.25, -0.2) is 19.2 Å². The van der Waals surface area contributed by atoms with Crippen LogP contribution in [-0.4, -0.2) is 22.8 Å². The standard InChI is InChI=1S/C22H16FN3O3S/c1-13-7-9-15(10-8-13)20-25-18(21(28)29-20)11-16-12-30-22(24-16)26(14(2)27)19-6-4-3-5-17(19)23/h3-12H,1-2H3/b18-11-. The fourth-order valence-electron chi connectivity index (χ4n) is 2.85. The minimum absolute atomic E-state index is 0.0997. The van der Waals surface area contributed by atoms with Gasteiger partial charge in [-0.15, -0.1) is 11.3 Å². The summed E-state index contributed by atoms with van der Waals surface area (Å²) in [5.74, 6) is -1.28. The van der Waals surface area contributed by atoms with Crippen molar-refractivity contribution >= 4 is 46.0 Å². The number of aliphatic imine (C=N–C) groups is 1. The van der Waals surface area contributed by atoms with E-state index in [1.165, 1.54) is 30.0 Å². The number of carbonyl (C=O) groups excluding carboxylic acids is 2. The fraction of sp³-hybridized carbons (Fsp3) is 0.0909. The summed E-state index contributed by atoms with van der Waals surface area (Å²) in [5.41, 5.74) is 2.40. The van der Waals surface area contributed by atoms with Crippen LogP contribution in [0.3, 0.4) is 0 Å². The van der Waals surface area contributed by atoms with Gasteiger partial charge in [0.1, 0.15) is 5.82 Å². The number of ether oxygens (including phenoxy) is 1. The molecule has 4 rings (SSSR count). The van der Waals surface area contributed by atoms with Crippen molar-refractivity contribution in [3.05, 3.63) is 82.2 Å². The van der Waals surface area contributed by atoms with Crippen molar-refractivity contribution in [1.29, 1.82) is 0 Å². The molecule has 0 fully saturated rings. The SMILES string of the molecule is CC(=O)N(c1nc(/C=C2\N=C(c3ccc(C)cc3)OC2=O)cs1)c1ccccc1F. The summed E-state index contributed by atoms with van der Waals surface area (Å²) in [4.78, 5) is 34.1. The lowest BCUT2D eigenvalue weighted by atomic mass is 10.1. The number of halogens is 1. The Labute approximate surface area is 176 Å². The Morgan fingerprint density at radius 1 is 1.17 bits per heavy atom. The van der Waals surface area contributed by atoms with Gasteiger partial charge in [0.05, 0.1) is 11.4 Å². The van der Waals surface area contributed by atoms with Gasteiger partial charge >= 0.3 is 5.97 Å². The molecular formula is C22H16FN3O3S. The summed E-state index contributed by atoms with van der Waals surface area (Å²) in [6, 6.07) is 13.4. The first-order chi connectivity index (χ1) is 14.4. The van der Waals surface area contributed by atoms with Crippen molar-refractivity contribution in [3.8, 4) is 0 Å². The predicted octanol–water partition coefficient (Wildman–Crippen LogP) is 4.62. The molecule has 2 heterocycles. The number of esters is 1. The molecule has 1 aliphatic rings. The molecule has 0 radical (unpaired) electrons. The molecular weight excluding hydrogens is 405 g/mol. The maximum absolute atomic E-state index is 14.2. The van der Waals surface area contributed by atoms with Crippen LogP contribution in [-0.2, 0) is 14.3 Å². The molecule has 2 aromatic carbocycles. The van der Waals surface area contributed by atoms with E-state index in [-0.39, 0.29) is 28.3 Å². The number of anilines is 2. The number of hydrogen-bond acceptors (Lipinski definition) is 6. The summed E-state index contributed by atoms with van der Waals surface area (Å²) in [6.45, 7) is 3.29. The Bertz CT molecular complexity index is 1200. The molecule has 1 aromatic heterocycles. The summed E-state index contributed by atoms with van der Waals surface area (Å²) >= 11 is 1.16. The molecule has 0 aliphatic carbocycles. The first-order valence-electron chi connectivity index (χ1n) is 9.03. The zero-order valence-corrected chi connectivity index (χ0v) is 16.9. The van der Waals surface area contributed by atoms with E-state index in [4.69, 9.17) is 4.74 Å². The third-order valence-corrected chi connectivity index (χ3v) is 5.16. The third kappa shape index (κ3) is 3.90. The smallest absolute Gasteiger partial charge is 0.363 e. The summed E-state index contributed by atoms with van der Waals surface area (Å²) in [5, 5.41) is 1.94. The van der Waals surface area contributed by atoms with Crippen molar-refractivity contribution in [1.82, 2.24) is 4.98 Å². The average Bonchev–Trinajstić information content (AvgIpc) is 3.31. The molecule has 0 saturated heterocycles. The van der Waals surface area contributed by atoms with Crippen LogP contribution < -0.4 is 4.90 Å². The number of aromatic nitrogens is 1. The van der Waals surface area contributed by atoms with Crippen molar-refractivity contribution in [2.24, 2.45) is 4.99 Å². The number of benzene rings is 2. The Balaban J connectivity index is 1.64. The first kappa shape index (κ1) is 19.7. The van der Waals surface area contributed by atoms with Crippen LogP contribution in [0.2, 0.25) is 0 Å². The molecule has 6 nitrogen and oxygen atoms in total. The zero-order valence-electron chi connectivity index (χ0n) is 16.1. The van der Waals surface area contributed by atoms with E-state index >= 15 is 0 Å². The molecule has 1 aliphatic heterocycles. The molecule has 30 heavy (non-hydrogen) atoms. The molecule has 0 spiro atoms. The predicted molar refractivity (Wildman–Crippen MR) is 113 cm³/mol. The molecule has 0 saturated carbocycles. The molecule has 150 valence electrons. The second kappa shape index (κ2) is 8.00. The van der Waals surface area contributed by atoms with E-state index in [0.29, 0.717) is 11.3 Å². The highest BCUT2D eigenvalue weighted by atomic mass is 32.1. The van der Waals surface area contributed by atoms with E-state index in [2.05, 4.69) is 9.98 Å². The van der Waals surface area contributed by atoms with Crippen LogP contribution in [0.15, 0.2) is 64.6 Å². The van der Waals surface area contributed by atoms with Crippen molar-refractivity contribution in [3.63, 3.8) is 0 Å². The van der Waals surface area contributed by atoms with Gasteiger partial charge in [0, 0.05) is 17.9 Å². The molecule has 0 N–H and O–H groups in total. The lowest BCUT2D eigenvalue weighted by Gasteiger charge is -2.18. The number of cyclic esters (lactones) is 1. The number of para-hydroxylation sites is 1. The van der Waals surface area contributed by atoms with E-state index < -0.39 is 11.8 Å². The highest BCUT2D eigenvalue weighted by Crippen LogP contribution is 2.31. The molecule has 8 heteroatoms. The average molecular weight is 421 g/mol. The second-order valence-electron chi connectivity index (χ2n) is 6.56. The first-order valence-corrected chi connectivity index (χ1v) is 9.90. The van der Waals surface area contributed by atoms with Crippen LogP contribution in [0.4, 0.5) is 15.2 Å². The van der Waals surface area contributed by atoms with Gasteiger partial charge in [0.15, 0.2) is 10.8 Å². The lowest BCUT2D eigenvalue weighted by Crippen LogP contribution is -2.23. The van der Waals surface area contributed by atoms with Crippen LogP contribution in [0.1, 0.15) is 23.7 Å². The van der Waals surface area contributed by atoms with E-state index in [1.807, 2.05) is 31.2 Å². The topological polar surface area (TPSA) is 71.9 Å². The van der Waals surface area contributed by atoms with E-state index in [1.54, 1.807) is 17.5 Å². The summed E-state index contributed by atoms with van der Waals surface area (Å²) in [6.07, 6.45) is 1.48. The maximum atomic E-state index is 14.2. The normalized spacial score (nSPS) is 14.6. The highest BCUT2D eigenvalue weighted by Gasteiger charge is 2.25. The number of aryl methyl sites for hydroxylation is 1. The lowest BCUT2D eigenvalue weighted by molar-refractivity contribution is -0.130. The van der Waals surface area contributed by atoms with Gasteiger partial charge in [-0.1, -0.05) is 29.8 Å². The van der Waals surface area contributed by atoms with Crippen molar-refractivity contribution in [2.75, 3.05) is 4.90 Å². The molecule has 0 atom stereocenters. The number of carbonyl (C=O) groups is 2. The van der Waals surface area contributed by atoms with Crippen LogP contribution in [0, 0.1) is 12.7 Å². The summed E-state index contributed by atoms with van der Waals surface area (Å²) in [7, 11) is 0. The van der Waals surface area contributed by atoms with Gasteiger partial charge in [-0.3, -0.25) is 9.69 Å². The molecule has 0 unspecified atom stereocenters. The Morgan fingerprint density at radius 2 is 1.90 bits per heavy atom. The van der Waals surface area contributed by atoms with E-state index in [0.717, 1.165) is 16.9 Å². The third-order valence-electron chi connectivity index (χ3n) is 4.31. The Kier molecular flexibility index (Phi) is 5.24. The van der Waals surface area contributed by atoms with Crippen LogP contribution in [0.5, 0.6) is 0 Å². The molecule has 1 amide bonds. The number of rotatable bonds is 4. The Morgan fingerprint density at radius 3 is 2.60 bits per heavy atom. The molecule has 3 aromatic rings. The zero-order chi connectivity index (χ0) is 21.3. The minimum Gasteiger partial charge on any atom is -0.402 e. The van der Waals surface area contributed by atoms with E-state index in [9.17, 15) is 14.0 Å². The van der Waals surface area contributed by atoms with Gasteiger partial charge in [-0.05, 0) is 37.3 Å². The van der Waals surface area contributed by atoms with Gasteiger partial charge in [0.25, 0.3) is 0 Å². The number of hydrogen-bond donors (Lipinski definition) is 0. The van der Waals surface area contributed by atoms with Gasteiger partial charge in [0.2, 0.25) is 11.8 Å². The monoisotopic (exact) mass is 421 g/mol. The van der Waals surface area contributed by atoms with Crippen molar-refractivity contribution in [2.45, 2.75) is 13.8 Å². The fourth-order valence-corrected chi connectivity index (χ4v) is 3.69. The van der Waals surface area contributed by atoms with Gasteiger partial charge < -0.3 is 4.74 Å². The molecule has 0 bridgehead atoms. The van der Waals surface area contributed by atoms with Crippen LogP contribution >= 0.6 is 11.3 Å². The quantitative estimate of drug-likeness (QED) is 0.455.